The number of carboxylic acid groups (broad SMARTS) is 2. The van der Waals surface area contributed by atoms with Crippen LogP contribution in [0.4, 0.5) is 5.82 Å². The Kier molecular flexibility index (Phi) is 11.9. The summed E-state index contributed by atoms with van der Waals surface area (Å²) in [6.45, 7) is 2.97. The quantitative estimate of drug-likeness (QED) is 0.184. The van der Waals surface area contributed by atoms with Gasteiger partial charge in [0.05, 0.1) is 18.8 Å². The number of hydrogen-bond donors (Lipinski definition) is 5. The Morgan fingerprint density at radius 2 is 1.75 bits per heavy atom. The molecule has 4 rings (SSSR count). The van der Waals surface area contributed by atoms with E-state index in [0.29, 0.717) is 57.9 Å². The first-order valence-corrected chi connectivity index (χ1v) is 15.6. The minimum absolute atomic E-state index is 0.132. The molecule has 2 saturated heterocycles. The zero-order valence-corrected chi connectivity index (χ0v) is 25.0. The molecule has 0 spiro atoms. The molecule has 44 heavy (non-hydrogen) atoms. The summed E-state index contributed by atoms with van der Waals surface area (Å²) in [5.41, 5.74) is 5.86. The Hall–Kier alpha value is -3.78. The van der Waals surface area contributed by atoms with Crippen molar-refractivity contribution in [3.05, 3.63) is 23.9 Å². The van der Waals surface area contributed by atoms with Crippen LogP contribution >= 0.6 is 0 Å². The summed E-state index contributed by atoms with van der Waals surface area (Å²) in [5, 5.41) is 24.8. The zero-order chi connectivity index (χ0) is 31.6. The van der Waals surface area contributed by atoms with Crippen molar-refractivity contribution < 1.29 is 38.9 Å². The number of fused-ring (bicyclic) bond motifs is 1. The summed E-state index contributed by atoms with van der Waals surface area (Å²) >= 11 is 0. The molecule has 1 aromatic heterocycles. The smallest absolute Gasteiger partial charge is 0.326 e. The van der Waals surface area contributed by atoms with Crippen LogP contribution in [-0.4, -0.2) is 107 Å². The molecule has 0 unspecified atom stereocenters. The number of pyridine rings is 1. The number of nitrogens with zero attached hydrogens (tertiary/aromatic N) is 3. The number of anilines is 1. The molecular weight excluding hydrogens is 572 g/mol. The lowest BCUT2D eigenvalue weighted by Crippen LogP contribution is -2.52. The number of carbonyl (C=O) groups is 5. The van der Waals surface area contributed by atoms with Crippen LogP contribution in [0.1, 0.15) is 74.6 Å². The van der Waals surface area contributed by atoms with E-state index in [-0.39, 0.29) is 36.8 Å². The largest absolute Gasteiger partial charge is 0.480 e. The van der Waals surface area contributed by atoms with Crippen molar-refractivity contribution >= 4 is 35.5 Å². The number of ether oxygens (including phenoxy) is 1. The number of carbonyl (C=O) groups excluding carboxylic acids is 3. The molecule has 242 valence electrons. The Balaban J connectivity index is 1.37. The molecule has 1 saturated carbocycles. The second kappa shape index (κ2) is 15.8. The highest BCUT2D eigenvalue weighted by Gasteiger charge is 2.47. The third-order valence-corrected chi connectivity index (χ3v) is 8.84. The maximum atomic E-state index is 13.3. The van der Waals surface area contributed by atoms with Crippen LogP contribution in [0.25, 0.3) is 0 Å². The number of likely N-dealkylation sites (tertiary alicyclic amines) is 1. The van der Waals surface area contributed by atoms with Gasteiger partial charge in [0.25, 0.3) is 5.91 Å². The number of carboxylic acids is 2. The number of morpholine rings is 1. The lowest BCUT2D eigenvalue weighted by Gasteiger charge is -2.33. The number of amides is 3. The highest BCUT2D eigenvalue weighted by Crippen LogP contribution is 2.40. The molecule has 1 aliphatic carbocycles. The van der Waals surface area contributed by atoms with Crippen molar-refractivity contribution in [2.75, 3.05) is 37.7 Å². The molecule has 5 atom stereocenters. The number of rotatable bonds is 14. The fourth-order valence-electron chi connectivity index (χ4n) is 6.47. The van der Waals surface area contributed by atoms with Crippen LogP contribution in [-0.2, 0) is 23.9 Å². The van der Waals surface area contributed by atoms with E-state index in [0.717, 1.165) is 25.7 Å². The third kappa shape index (κ3) is 8.44. The lowest BCUT2D eigenvalue weighted by molar-refractivity contribution is -0.150. The van der Waals surface area contributed by atoms with E-state index in [4.69, 9.17) is 10.5 Å². The van der Waals surface area contributed by atoms with Gasteiger partial charge in [-0.2, -0.15) is 0 Å². The summed E-state index contributed by atoms with van der Waals surface area (Å²) in [6, 6.07) is -0.173. The van der Waals surface area contributed by atoms with Crippen molar-refractivity contribution in [2.45, 2.75) is 88.4 Å². The second-order valence-electron chi connectivity index (χ2n) is 11.8. The molecule has 6 N–H and O–H groups in total. The van der Waals surface area contributed by atoms with E-state index in [1.165, 1.54) is 11.1 Å². The maximum absolute atomic E-state index is 13.3. The van der Waals surface area contributed by atoms with Gasteiger partial charge >= 0.3 is 11.9 Å². The molecule has 3 amide bonds. The minimum atomic E-state index is -1.40. The van der Waals surface area contributed by atoms with E-state index >= 15 is 0 Å². The first-order valence-electron chi connectivity index (χ1n) is 15.6. The lowest BCUT2D eigenvalue weighted by atomic mass is 9.84. The Labute approximate surface area is 256 Å². The van der Waals surface area contributed by atoms with Gasteiger partial charge in [-0.15, -0.1) is 0 Å². The van der Waals surface area contributed by atoms with E-state index < -0.39 is 47.8 Å². The summed E-state index contributed by atoms with van der Waals surface area (Å²) in [4.78, 5) is 71.5. The van der Waals surface area contributed by atoms with Gasteiger partial charge in [0.1, 0.15) is 23.9 Å². The predicted octanol–water partition coefficient (Wildman–Crippen LogP) is 0.740. The zero-order valence-electron chi connectivity index (χ0n) is 25.0. The topological polar surface area (TPSA) is 204 Å². The van der Waals surface area contributed by atoms with E-state index in [1.54, 1.807) is 12.1 Å². The van der Waals surface area contributed by atoms with Crippen LogP contribution in [0.15, 0.2) is 18.3 Å². The average molecular weight is 617 g/mol. The first-order chi connectivity index (χ1) is 21.2. The van der Waals surface area contributed by atoms with E-state index in [9.17, 15) is 34.2 Å². The third-order valence-electron chi connectivity index (χ3n) is 8.84. The fraction of sp³-hybridized carbons (Fsp3) is 0.667. The molecule has 0 bridgehead atoms. The number of hydrogen-bond acceptors (Lipinski definition) is 9. The normalized spacial score (nSPS) is 22.9. The molecule has 14 heteroatoms. The molecule has 2 aliphatic heterocycles. The van der Waals surface area contributed by atoms with E-state index in [1.807, 2.05) is 4.90 Å². The number of nitrogens with one attached hydrogen (secondary N) is 2. The summed E-state index contributed by atoms with van der Waals surface area (Å²) in [5.74, 6) is -3.18. The number of nitrogens with two attached hydrogens (primary N) is 1. The first kappa shape index (κ1) is 33.1. The number of aliphatic carboxylic acids is 2. The number of aromatic nitrogens is 1. The molecule has 3 fully saturated rings. The highest BCUT2D eigenvalue weighted by atomic mass is 16.5. The Bertz CT molecular complexity index is 1170. The van der Waals surface area contributed by atoms with Gasteiger partial charge in [-0.05, 0) is 69.5 Å². The van der Waals surface area contributed by atoms with Gasteiger partial charge in [0.15, 0.2) is 0 Å². The summed E-state index contributed by atoms with van der Waals surface area (Å²) in [7, 11) is 0. The van der Waals surface area contributed by atoms with Crippen molar-refractivity contribution in [3.8, 4) is 0 Å². The van der Waals surface area contributed by atoms with Gasteiger partial charge in [-0.25, -0.2) is 14.6 Å². The van der Waals surface area contributed by atoms with Crippen LogP contribution in [0.2, 0.25) is 0 Å². The van der Waals surface area contributed by atoms with Crippen molar-refractivity contribution in [3.63, 3.8) is 0 Å². The van der Waals surface area contributed by atoms with Crippen LogP contribution in [0.5, 0.6) is 0 Å². The highest BCUT2D eigenvalue weighted by molar-refractivity contribution is 5.98. The Morgan fingerprint density at radius 3 is 2.41 bits per heavy atom. The monoisotopic (exact) mass is 616 g/mol. The van der Waals surface area contributed by atoms with Gasteiger partial charge < -0.3 is 41.1 Å². The summed E-state index contributed by atoms with van der Waals surface area (Å²) in [6.07, 6.45) is 6.27. The summed E-state index contributed by atoms with van der Waals surface area (Å²) < 4.78 is 5.36. The molecule has 3 heterocycles. The number of unbranched alkanes of at least 4 members (excludes halogenated alkanes) is 1. The van der Waals surface area contributed by atoms with Gasteiger partial charge in [0, 0.05) is 31.7 Å². The molecule has 14 nitrogen and oxygen atoms in total. The Morgan fingerprint density at radius 1 is 1.00 bits per heavy atom. The predicted molar refractivity (Wildman–Crippen MR) is 159 cm³/mol. The van der Waals surface area contributed by atoms with E-state index in [2.05, 4.69) is 15.6 Å². The average Bonchev–Trinajstić information content (AvgIpc) is 3.43. The van der Waals surface area contributed by atoms with Crippen LogP contribution in [0, 0.1) is 5.92 Å². The standard InChI is InChI=1S/C30H44N6O8/c31-12-4-3-6-21(33-27(38)20-8-10-25(32-18-20)35-13-15-44-16-14-35)28(39)34-22(29(40)41)9-11-26(37)36-23-7-2-1-5-19(23)17-24(36)30(42)43/h8,10,18-19,21-24H,1-7,9,11-17,31H2,(H,33,38)(H,34,39)(H,40,41)(H,42,43)/t19-,21-,22+,23-,24-/m0/s1. The maximum Gasteiger partial charge on any atom is 0.326 e. The van der Waals surface area contributed by atoms with Crippen molar-refractivity contribution in [1.29, 1.82) is 0 Å². The minimum Gasteiger partial charge on any atom is -0.480 e. The van der Waals surface area contributed by atoms with Gasteiger partial charge in [-0.1, -0.05) is 12.8 Å². The van der Waals surface area contributed by atoms with Gasteiger partial charge in [-0.3, -0.25) is 14.4 Å². The molecule has 3 aliphatic rings. The molecule has 0 radical (unpaired) electrons. The second-order valence-corrected chi connectivity index (χ2v) is 11.8. The SMILES string of the molecule is NCCCC[C@H](NC(=O)c1ccc(N2CCOCC2)nc1)C(=O)N[C@H](CCC(=O)N1[C@H](C(=O)O)C[C@@H]2CCCC[C@@H]21)C(=O)O. The van der Waals surface area contributed by atoms with Crippen LogP contribution < -0.4 is 21.3 Å². The fourth-order valence-corrected chi connectivity index (χ4v) is 6.47. The van der Waals surface area contributed by atoms with Crippen LogP contribution in [0.3, 0.4) is 0 Å². The van der Waals surface area contributed by atoms with Crippen molar-refractivity contribution in [1.82, 2.24) is 20.5 Å². The van der Waals surface area contributed by atoms with Gasteiger partial charge in [0.2, 0.25) is 11.8 Å². The molecular formula is C30H44N6O8. The van der Waals surface area contributed by atoms with Crippen molar-refractivity contribution in [2.24, 2.45) is 11.7 Å². The molecule has 1 aromatic rings. The molecule has 0 aromatic carbocycles.